The first-order chi connectivity index (χ1) is 16.6. The minimum atomic E-state index is -0.579. The summed E-state index contributed by atoms with van der Waals surface area (Å²) in [5.41, 5.74) is 7.29. The van der Waals surface area contributed by atoms with Crippen molar-refractivity contribution in [3.63, 3.8) is 0 Å². The normalized spacial score (nSPS) is 16.9. The van der Waals surface area contributed by atoms with Crippen molar-refractivity contribution in [1.29, 1.82) is 0 Å². The van der Waals surface area contributed by atoms with Gasteiger partial charge >= 0.3 is 207 Å². The molecule has 0 fully saturated rings. The predicted octanol–water partition coefficient (Wildman–Crippen LogP) is 6.64. The summed E-state index contributed by atoms with van der Waals surface area (Å²) < 4.78 is 3.34. The summed E-state index contributed by atoms with van der Waals surface area (Å²) in [6, 6.07) is 36.1. The van der Waals surface area contributed by atoms with E-state index in [1.54, 1.807) is 0 Å². The number of rotatable bonds is 4. The van der Waals surface area contributed by atoms with E-state index in [0.29, 0.717) is 0 Å². The Morgan fingerprint density at radius 1 is 0.794 bits per heavy atom. The Morgan fingerprint density at radius 3 is 2.26 bits per heavy atom. The fourth-order valence-corrected chi connectivity index (χ4v) is 7.37. The van der Waals surface area contributed by atoms with E-state index in [1.165, 1.54) is 15.6 Å². The Hall–Kier alpha value is -3.39. The number of benzene rings is 4. The Kier molecular flexibility index (Phi) is 5.06. The molecule has 0 N–H and O–H groups in total. The van der Waals surface area contributed by atoms with Gasteiger partial charge in [0.1, 0.15) is 0 Å². The molecule has 0 aliphatic carbocycles. The zero-order valence-electron chi connectivity index (χ0n) is 19.3. The van der Waals surface area contributed by atoms with Gasteiger partial charge in [0, 0.05) is 0 Å². The Morgan fingerprint density at radius 2 is 1.47 bits per heavy atom. The Bertz CT molecular complexity index is 1530. The molecule has 1 aromatic heterocycles. The molecule has 4 aromatic carbocycles. The third kappa shape index (κ3) is 3.20. The van der Waals surface area contributed by atoms with Gasteiger partial charge in [0.15, 0.2) is 0 Å². The van der Waals surface area contributed by atoms with Crippen LogP contribution in [0.1, 0.15) is 22.8 Å². The van der Waals surface area contributed by atoms with E-state index < -0.39 is 5.41 Å². The summed E-state index contributed by atoms with van der Waals surface area (Å²) in [6.07, 6.45) is 0. The molecule has 1 aliphatic rings. The van der Waals surface area contributed by atoms with Crippen LogP contribution in [0.5, 0.6) is 0 Å². The van der Waals surface area contributed by atoms with Gasteiger partial charge in [-0.15, -0.1) is 0 Å². The molecule has 1 aliphatic heterocycles. The summed E-state index contributed by atoms with van der Waals surface area (Å²) in [5.74, 6) is 0.175. The molecule has 5 aromatic rings. The van der Waals surface area contributed by atoms with Crippen molar-refractivity contribution in [1.82, 2.24) is 4.57 Å². The number of hydrogen-bond donors (Lipinski definition) is 0. The first-order valence-corrected chi connectivity index (χ1v) is 13.7. The number of fused-ring (bicyclic) bond motifs is 5. The maximum atomic E-state index is 14.4. The number of para-hydroxylation sites is 1. The number of aromatic nitrogens is 1. The van der Waals surface area contributed by atoms with Crippen molar-refractivity contribution < 1.29 is 4.79 Å². The first-order valence-electron chi connectivity index (χ1n) is 11.6. The molecule has 0 bridgehead atoms. The molecule has 6 rings (SSSR count). The van der Waals surface area contributed by atoms with Crippen LogP contribution in [0, 0.1) is 6.92 Å². The summed E-state index contributed by atoms with van der Waals surface area (Å²) in [7, 11) is 0. The van der Waals surface area contributed by atoms with E-state index in [1.807, 2.05) is 16.7 Å². The van der Waals surface area contributed by atoms with Crippen LogP contribution in [0.25, 0.3) is 33.3 Å². The van der Waals surface area contributed by atoms with Crippen LogP contribution in [0.2, 0.25) is 5.32 Å². The van der Waals surface area contributed by atoms with Crippen molar-refractivity contribution in [3.8, 4) is 22.4 Å². The molecule has 2 nitrogen and oxygen atoms in total. The number of nitrogens with zero attached hydrogens (tertiary/aromatic N) is 1. The molecule has 2 heterocycles. The van der Waals surface area contributed by atoms with E-state index in [9.17, 15) is 4.79 Å². The van der Waals surface area contributed by atoms with Crippen molar-refractivity contribution in [2.75, 3.05) is 0 Å². The van der Waals surface area contributed by atoms with Gasteiger partial charge in [0.05, 0.1) is 0 Å². The topological polar surface area (TPSA) is 22.0 Å². The number of carbonyl (C=O) groups is 1. The van der Waals surface area contributed by atoms with E-state index in [-0.39, 0.29) is 20.9 Å². The molecule has 0 saturated carbocycles. The fraction of sp³-hybridized carbons (Fsp3) is 0.129. The monoisotopic (exact) mass is 507 g/mol. The minimum absolute atomic E-state index is 0.175. The zero-order chi connectivity index (χ0) is 23.3. The summed E-state index contributed by atoms with van der Waals surface area (Å²) >= 11 is 0.188. The molecule has 0 radical (unpaired) electrons. The standard InChI is InChI=1S/C31H25NOSe/c1-21-16-18-23(19-17-21)34-20-31(2)26-14-8-6-12-24(26)29-28(22-10-4-3-5-11-22)25-13-7-9-15-27(25)32(29)30(31)33/h3-19H,20H2,1-2H3. The molecule has 0 spiro atoms. The van der Waals surface area contributed by atoms with Gasteiger partial charge in [0.25, 0.3) is 0 Å². The van der Waals surface area contributed by atoms with Crippen LogP contribution < -0.4 is 4.46 Å². The average molecular weight is 507 g/mol. The molecule has 166 valence electrons. The van der Waals surface area contributed by atoms with Gasteiger partial charge in [-0.1, -0.05) is 0 Å². The second kappa shape index (κ2) is 8.13. The molecule has 0 saturated heterocycles. The van der Waals surface area contributed by atoms with Gasteiger partial charge < -0.3 is 0 Å². The van der Waals surface area contributed by atoms with Gasteiger partial charge in [-0.2, -0.15) is 0 Å². The SMILES string of the molecule is Cc1ccc([Se]CC2(C)C(=O)n3c(c(-c4ccccc4)c4ccccc43)-c3ccccc32)cc1. The zero-order valence-corrected chi connectivity index (χ0v) is 21.0. The third-order valence-electron chi connectivity index (χ3n) is 6.94. The summed E-state index contributed by atoms with van der Waals surface area (Å²) in [4.78, 5) is 14.4. The Labute approximate surface area is 206 Å². The Balaban J connectivity index is 1.58. The second-order valence-corrected chi connectivity index (χ2v) is 11.4. The molecule has 1 atom stereocenters. The summed E-state index contributed by atoms with van der Waals surface area (Å²) in [5, 5.41) is 1.95. The molecule has 0 amide bonds. The molecule has 1 unspecified atom stereocenters. The molecule has 34 heavy (non-hydrogen) atoms. The molecular formula is C31H25NOSe. The first kappa shape index (κ1) is 21.2. The predicted molar refractivity (Wildman–Crippen MR) is 142 cm³/mol. The third-order valence-corrected chi connectivity index (χ3v) is 9.72. The van der Waals surface area contributed by atoms with E-state index in [4.69, 9.17) is 0 Å². The average Bonchev–Trinajstić information content (AvgIpc) is 3.23. The molecular weight excluding hydrogens is 481 g/mol. The maximum absolute atomic E-state index is 14.4. The van der Waals surface area contributed by atoms with Gasteiger partial charge in [-0.3, -0.25) is 0 Å². The van der Waals surface area contributed by atoms with Crippen LogP contribution in [-0.2, 0) is 5.41 Å². The van der Waals surface area contributed by atoms with E-state index in [0.717, 1.165) is 38.6 Å². The summed E-state index contributed by atoms with van der Waals surface area (Å²) in [6.45, 7) is 4.26. The van der Waals surface area contributed by atoms with E-state index in [2.05, 4.69) is 105 Å². The van der Waals surface area contributed by atoms with Crippen molar-refractivity contribution in [3.05, 3.63) is 114 Å². The van der Waals surface area contributed by atoms with Crippen LogP contribution >= 0.6 is 0 Å². The number of carbonyl (C=O) groups excluding carboxylic acids is 1. The van der Waals surface area contributed by atoms with Crippen molar-refractivity contribution in [2.45, 2.75) is 24.6 Å². The van der Waals surface area contributed by atoms with Crippen LogP contribution in [0.15, 0.2) is 103 Å². The molecule has 3 heteroatoms. The van der Waals surface area contributed by atoms with Crippen LogP contribution in [0.3, 0.4) is 0 Å². The van der Waals surface area contributed by atoms with Gasteiger partial charge in [-0.25, -0.2) is 0 Å². The quantitative estimate of drug-likeness (QED) is 0.251. The van der Waals surface area contributed by atoms with Crippen LogP contribution in [-0.4, -0.2) is 25.4 Å². The van der Waals surface area contributed by atoms with Crippen LogP contribution in [0.4, 0.5) is 0 Å². The number of hydrogen-bond acceptors (Lipinski definition) is 1. The van der Waals surface area contributed by atoms with Gasteiger partial charge in [0.2, 0.25) is 0 Å². The van der Waals surface area contributed by atoms with Crippen molar-refractivity contribution >= 4 is 36.2 Å². The fourth-order valence-electron chi connectivity index (χ4n) is 5.14. The second-order valence-electron chi connectivity index (χ2n) is 9.23. The van der Waals surface area contributed by atoms with Crippen molar-refractivity contribution in [2.24, 2.45) is 0 Å². The number of aryl methyl sites for hydroxylation is 1. The van der Waals surface area contributed by atoms with Gasteiger partial charge in [-0.05, 0) is 0 Å². The van der Waals surface area contributed by atoms with E-state index >= 15 is 0 Å².